The largest absolute Gasteiger partial charge is 0.510 e. The van der Waals surface area contributed by atoms with Gasteiger partial charge in [-0.25, -0.2) is 0 Å². The summed E-state index contributed by atoms with van der Waals surface area (Å²) in [5.74, 6) is -2.08. The highest BCUT2D eigenvalue weighted by molar-refractivity contribution is 6.05. The van der Waals surface area contributed by atoms with Crippen LogP contribution in [-0.4, -0.2) is 69.0 Å². The van der Waals surface area contributed by atoms with Crippen LogP contribution in [0, 0.1) is 17.8 Å². The second kappa shape index (κ2) is 11.5. The molecule has 0 bridgehead atoms. The summed E-state index contributed by atoms with van der Waals surface area (Å²) in [7, 11) is 3.66. The first-order valence-electron chi connectivity index (χ1n) is 15.0. The maximum Gasteiger partial charge on any atom is 0.172 e. The van der Waals surface area contributed by atoms with E-state index in [-0.39, 0.29) is 35.2 Å². The van der Waals surface area contributed by atoms with Crippen molar-refractivity contribution in [3.8, 4) is 16.9 Å². The molecule has 1 saturated carbocycles. The fraction of sp³-hybridized carbons (Fsp3) is 0.500. The molecule has 8 nitrogen and oxygen atoms in total. The molecule has 0 aliphatic heterocycles. The Morgan fingerprint density at radius 2 is 1.86 bits per heavy atom. The number of rotatable bonds is 6. The number of phenols is 1. The number of aromatic hydroxyl groups is 1. The second-order valence-corrected chi connectivity index (χ2v) is 13.0. The van der Waals surface area contributed by atoms with Gasteiger partial charge in [-0.05, 0) is 80.4 Å². The van der Waals surface area contributed by atoms with Gasteiger partial charge in [0.15, 0.2) is 5.78 Å². The van der Waals surface area contributed by atoms with Crippen LogP contribution in [0.1, 0.15) is 61.0 Å². The highest BCUT2D eigenvalue weighted by atomic mass is 16.3. The Morgan fingerprint density at radius 3 is 2.48 bits per heavy atom. The molecule has 0 spiro atoms. The molecule has 5 rings (SSSR count). The predicted octanol–water partition coefficient (Wildman–Crippen LogP) is 4.04. The molecular weight excluding hydrogens is 530 g/mol. The highest BCUT2D eigenvalue weighted by Gasteiger charge is 2.60. The molecule has 0 amide bonds. The lowest BCUT2D eigenvalue weighted by atomic mass is 9.54. The normalized spacial score (nSPS) is 29.5. The van der Waals surface area contributed by atoms with E-state index in [2.05, 4.69) is 37.9 Å². The number of nitrogens with one attached hydrogen (secondary N) is 1. The van der Waals surface area contributed by atoms with Crippen molar-refractivity contribution in [1.82, 2.24) is 10.2 Å². The molecule has 0 aromatic heterocycles. The quantitative estimate of drug-likeness (QED) is 0.303. The third-order valence-corrected chi connectivity index (χ3v) is 9.76. The highest BCUT2D eigenvalue weighted by Crippen LogP contribution is 2.53. The van der Waals surface area contributed by atoms with Gasteiger partial charge in [0.1, 0.15) is 11.5 Å². The van der Waals surface area contributed by atoms with Crippen molar-refractivity contribution in [2.24, 2.45) is 23.5 Å². The Balaban J connectivity index is 1.56. The first-order chi connectivity index (χ1) is 19.8. The molecule has 3 aliphatic rings. The van der Waals surface area contributed by atoms with Gasteiger partial charge in [0.2, 0.25) is 0 Å². The van der Waals surface area contributed by atoms with E-state index in [9.17, 15) is 25.2 Å². The van der Waals surface area contributed by atoms with Crippen LogP contribution in [0.4, 0.5) is 0 Å². The van der Waals surface area contributed by atoms with E-state index in [0.29, 0.717) is 43.0 Å². The van der Waals surface area contributed by atoms with Crippen LogP contribution in [0.5, 0.6) is 5.75 Å². The average molecular weight is 576 g/mol. The van der Waals surface area contributed by atoms with E-state index in [1.807, 2.05) is 37.2 Å². The average Bonchev–Trinajstić information content (AvgIpc) is 2.92. The van der Waals surface area contributed by atoms with Crippen molar-refractivity contribution in [2.45, 2.75) is 76.3 Å². The van der Waals surface area contributed by atoms with Gasteiger partial charge in [-0.1, -0.05) is 50.8 Å². The van der Waals surface area contributed by atoms with E-state index in [0.717, 1.165) is 28.8 Å². The van der Waals surface area contributed by atoms with Crippen LogP contribution >= 0.6 is 0 Å². The number of fused-ring (bicyclic) bond motifs is 3. The fourth-order valence-electron chi connectivity index (χ4n) is 7.69. The van der Waals surface area contributed by atoms with E-state index < -0.39 is 29.6 Å². The van der Waals surface area contributed by atoms with Crippen LogP contribution in [0.2, 0.25) is 0 Å². The number of Topliss-reactive ketones (excluding diaryl/α,β-unsaturated/α-hetero) is 1. The zero-order valence-electron chi connectivity index (χ0n) is 25.1. The molecule has 42 heavy (non-hydrogen) atoms. The predicted molar refractivity (Wildman–Crippen MR) is 164 cm³/mol. The lowest BCUT2D eigenvalue weighted by Crippen LogP contribution is -2.65. The SMILES string of the molecule is C=C(N)C1=C(O)C(N(C)C)[C@@H]2C[C@@H]3Cc4c(-c5ccc(CNC(C)C)cc5)ccc(O)c4C(=O)C3C(O)[C@]2(O)CCC1. The van der Waals surface area contributed by atoms with Crippen molar-refractivity contribution < 1.29 is 25.2 Å². The molecular formula is C34H45N3O5. The number of nitrogens with two attached hydrogens (primary N) is 1. The first kappa shape index (κ1) is 30.3. The zero-order valence-corrected chi connectivity index (χ0v) is 25.1. The van der Waals surface area contributed by atoms with E-state index in [1.54, 1.807) is 6.07 Å². The minimum Gasteiger partial charge on any atom is -0.510 e. The number of phenolic OH excluding ortho intramolecular Hbond substituents is 1. The Labute approximate surface area is 248 Å². The number of carbonyl (C=O) groups excluding carboxylic acids is 1. The third-order valence-electron chi connectivity index (χ3n) is 9.76. The molecule has 3 aliphatic carbocycles. The number of aliphatic hydroxyl groups excluding tert-OH is 2. The standard InChI is InChI=1S/C34H45N3O5/c1-18(2)36-17-20-8-10-21(11-9-20)24-12-13-27(38)29-25(24)15-22-16-26-30(37(4)5)31(39)23(19(3)35)7-6-14-34(26,42)33(41)28(22)32(29)40/h8-13,18,22,26,28,30,33,36,38-39,41-42H,3,6-7,14-17,35H2,1-2,4-5H3/t22-,26-,28?,30?,33?,34-/m0/s1. The van der Waals surface area contributed by atoms with E-state index >= 15 is 0 Å². The number of aliphatic hydroxyl groups is 3. The van der Waals surface area contributed by atoms with E-state index in [1.165, 1.54) is 0 Å². The maximum absolute atomic E-state index is 14.1. The number of hydrogen-bond donors (Lipinski definition) is 6. The van der Waals surface area contributed by atoms with Gasteiger partial charge in [-0.3, -0.25) is 9.69 Å². The van der Waals surface area contributed by atoms with Gasteiger partial charge in [0.05, 0.1) is 29.2 Å². The molecule has 1 fully saturated rings. The first-order valence-corrected chi connectivity index (χ1v) is 15.0. The van der Waals surface area contributed by atoms with Crippen molar-refractivity contribution in [2.75, 3.05) is 14.1 Å². The third kappa shape index (κ3) is 5.15. The molecule has 6 atom stereocenters. The lowest BCUT2D eigenvalue weighted by molar-refractivity contribution is -0.185. The molecule has 0 saturated heterocycles. The summed E-state index contributed by atoms with van der Waals surface area (Å²) in [5, 5.41) is 49.7. The minimum atomic E-state index is -1.61. The Morgan fingerprint density at radius 1 is 1.17 bits per heavy atom. The van der Waals surface area contributed by atoms with Crippen LogP contribution in [0.15, 0.2) is 60.0 Å². The topological polar surface area (TPSA) is 139 Å². The summed E-state index contributed by atoms with van der Waals surface area (Å²) < 4.78 is 0. The smallest absolute Gasteiger partial charge is 0.172 e. The molecule has 3 unspecified atom stereocenters. The Hall–Kier alpha value is -3.17. The number of hydrogen-bond acceptors (Lipinski definition) is 8. The molecule has 0 radical (unpaired) electrons. The molecule has 226 valence electrons. The molecule has 7 N–H and O–H groups in total. The van der Waals surface area contributed by atoms with Gasteiger partial charge in [0, 0.05) is 29.8 Å². The Bertz CT molecular complexity index is 1400. The number of benzene rings is 2. The van der Waals surface area contributed by atoms with Crippen molar-refractivity contribution >= 4 is 5.78 Å². The van der Waals surface area contributed by atoms with Gasteiger partial charge in [-0.2, -0.15) is 0 Å². The number of likely N-dealkylation sites (N-methyl/N-ethyl adjacent to an activating group) is 1. The fourth-order valence-corrected chi connectivity index (χ4v) is 7.69. The molecule has 0 heterocycles. The molecule has 2 aromatic rings. The maximum atomic E-state index is 14.1. The van der Waals surface area contributed by atoms with Crippen LogP contribution < -0.4 is 11.1 Å². The van der Waals surface area contributed by atoms with Crippen LogP contribution in [0.3, 0.4) is 0 Å². The zero-order chi connectivity index (χ0) is 30.5. The molecule has 8 heteroatoms. The van der Waals surface area contributed by atoms with Crippen molar-refractivity contribution in [1.29, 1.82) is 0 Å². The van der Waals surface area contributed by atoms with Gasteiger partial charge >= 0.3 is 0 Å². The number of allylic oxidation sites excluding steroid dienone is 1. The van der Waals surface area contributed by atoms with Gasteiger partial charge in [0.25, 0.3) is 0 Å². The summed E-state index contributed by atoms with van der Waals surface area (Å²) in [6.07, 6.45) is 0.650. The second-order valence-electron chi connectivity index (χ2n) is 13.0. The van der Waals surface area contributed by atoms with E-state index in [4.69, 9.17) is 5.73 Å². The monoisotopic (exact) mass is 575 g/mol. The van der Waals surface area contributed by atoms with Crippen molar-refractivity contribution in [3.63, 3.8) is 0 Å². The van der Waals surface area contributed by atoms with Crippen molar-refractivity contribution in [3.05, 3.63) is 76.7 Å². The number of carbonyl (C=O) groups is 1. The summed E-state index contributed by atoms with van der Waals surface area (Å²) >= 11 is 0. The number of nitrogens with zero attached hydrogens (tertiary/aromatic N) is 1. The summed E-state index contributed by atoms with van der Waals surface area (Å²) in [5.41, 5.74) is 9.30. The Kier molecular flexibility index (Phi) is 8.29. The summed E-state index contributed by atoms with van der Waals surface area (Å²) in [6.45, 7) is 8.82. The number of ketones is 1. The van der Waals surface area contributed by atoms with Gasteiger partial charge in [-0.15, -0.1) is 0 Å². The summed E-state index contributed by atoms with van der Waals surface area (Å²) in [6, 6.07) is 11.4. The van der Waals surface area contributed by atoms with Gasteiger partial charge < -0.3 is 31.5 Å². The van der Waals surface area contributed by atoms with Crippen LogP contribution in [0.25, 0.3) is 11.1 Å². The minimum absolute atomic E-state index is 0.0641. The molecule has 2 aromatic carbocycles. The lowest BCUT2D eigenvalue weighted by Gasteiger charge is -2.55. The summed E-state index contributed by atoms with van der Waals surface area (Å²) in [4.78, 5) is 16.0. The van der Waals surface area contributed by atoms with Crippen LogP contribution in [-0.2, 0) is 13.0 Å².